The second-order valence-electron chi connectivity index (χ2n) is 7.56. The fraction of sp³-hybridized carbons (Fsp3) is 0.364. The summed E-state index contributed by atoms with van der Waals surface area (Å²) in [6.45, 7) is 3.01. The highest BCUT2D eigenvalue weighted by atomic mass is 35.5. The van der Waals surface area contributed by atoms with Gasteiger partial charge in [-0.1, -0.05) is 29.0 Å². The maximum Gasteiger partial charge on any atom is 0.229 e. The molecule has 0 atom stereocenters. The average Bonchev–Trinajstić information content (AvgIpc) is 3.15. The third kappa shape index (κ3) is 6.68. The summed E-state index contributed by atoms with van der Waals surface area (Å²) in [6.07, 6.45) is 1.93. The van der Waals surface area contributed by atoms with E-state index < -0.39 is 9.84 Å². The lowest BCUT2D eigenvalue weighted by molar-refractivity contribution is -0.118. The normalized spacial score (nSPS) is 11.5. The molecule has 0 aliphatic carbocycles. The summed E-state index contributed by atoms with van der Waals surface area (Å²) in [5, 5.41) is 0.604. The number of anilines is 1. The van der Waals surface area contributed by atoms with Gasteiger partial charge in [0, 0.05) is 24.4 Å². The fourth-order valence-corrected chi connectivity index (χ4v) is 5.77. The van der Waals surface area contributed by atoms with E-state index in [4.69, 9.17) is 0 Å². The SMILES string of the molecule is CSc1ccc2nc(N(CCN(C)C)C(=O)CCS(=O)(=O)c3ccc(C)cc3)sc2c1.Cl. The van der Waals surface area contributed by atoms with Crippen molar-refractivity contribution in [1.29, 1.82) is 0 Å². The van der Waals surface area contributed by atoms with Gasteiger partial charge in [0.15, 0.2) is 15.0 Å². The molecule has 1 amide bonds. The molecule has 3 rings (SSSR count). The number of sulfone groups is 1. The monoisotopic (exact) mass is 513 g/mol. The molecule has 0 bridgehead atoms. The Morgan fingerprint density at radius 2 is 1.78 bits per heavy atom. The number of hydrogen-bond donors (Lipinski definition) is 0. The van der Waals surface area contributed by atoms with Gasteiger partial charge >= 0.3 is 0 Å². The van der Waals surface area contributed by atoms with Crippen LogP contribution in [0.2, 0.25) is 0 Å². The second-order valence-corrected chi connectivity index (χ2v) is 11.6. The number of thiazole rings is 1. The lowest BCUT2D eigenvalue weighted by atomic mass is 10.2. The van der Waals surface area contributed by atoms with Crippen molar-refractivity contribution >= 4 is 66.6 Å². The van der Waals surface area contributed by atoms with Crippen LogP contribution < -0.4 is 4.90 Å². The summed E-state index contributed by atoms with van der Waals surface area (Å²) < 4.78 is 26.4. The molecule has 0 radical (unpaired) electrons. The second kappa shape index (κ2) is 11.5. The zero-order valence-electron chi connectivity index (χ0n) is 18.6. The Hall–Kier alpha value is -1.65. The van der Waals surface area contributed by atoms with Crippen LogP contribution in [0.25, 0.3) is 10.2 Å². The number of amides is 1. The number of hydrogen-bond acceptors (Lipinski definition) is 7. The minimum atomic E-state index is -3.53. The Labute approximate surface area is 204 Å². The van der Waals surface area contributed by atoms with E-state index >= 15 is 0 Å². The van der Waals surface area contributed by atoms with Crippen molar-refractivity contribution in [2.24, 2.45) is 0 Å². The molecule has 1 heterocycles. The van der Waals surface area contributed by atoms with E-state index in [1.165, 1.54) is 11.3 Å². The zero-order chi connectivity index (χ0) is 22.6. The molecule has 1 aromatic heterocycles. The Bertz CT molecular complexity index is 1160. The number of halogens is 1. The van der Waals surface area contributed by atoms with E-state index in [1.807, 2.05) is 44.3 Å². The van der Waals surface area contributed by atoms with Crippen LogP contribution in [0.4, 0.5) is 5.13 Å². The van der Waals surface area contributed by atoms with E-state index in [9.17, 15) is 13.2 Å². The maximum atomic E-state index is 13.1. The van der Waals surface area contributed by atoms with Gasteiger partial charge in [0.05, 0.1) is 20.9 Å². The molecule has 10 heteroatoms. The van der Waals surface area contributed by atoms with E-state index in [-0.39, 0.29) is 35.4 Å². The van der Waals surface area contributed by atoms with Gasteiger partial charge in [0.1, 0.15) is 0 Å². The third-order valence-electron chi connectivity index (χ3n) is 4.85. The van der Waals surface area contributed by atoms with Crippen LogP contribution in [0, 0.1) is 6.92 Å². The summed E-state index contributed by atoms with van der Waals surface area (Å²) in [6, 6.07) is 12.8. The number of carbonyl (C=O) groups excluding carboxylic acids is 1. The van der Waals surface area contributed by atoms with Gasteiger partial charge in [-0.25, -0.2) is 13.4 Å². The molecular weight excluding hydrogens is 486 g/mol. The number of fused-ring (bicyclic) bond motifs is 1. The van der Waals surface area contributed by atoms with Gasteiger partial charge in [0.25, 0.3) is 0 Å². The number of nitrogens with zero attached hydrogens (tertiary/aromatic N) is 3. The Morgan fingerprint density at radius 3 is 2.41 bits per heavy atom. The quantitative estimate of drug-likeness (QED) is 0.392. The Balaban J connectivity index is 0.00000363. The van der Waals surface area contributed by atoms with Crippen molar-refractivity contribution in [2.45, 2.75) is 23.1 Å². The molecule has 174 valence electrons. The van der Waals surface area contributed by atoms with Gasteiger partial charge < -0.3 is 4.90 Å². The summed E-state index contributed by atoms with van der Waals surface area (Å²) in [4.78, 5) is 22.7. The Morgan fingerprint density at radius 1 is 1.09 bits per heavy atom. The summed E-state index contributed by atoms with van der Waals surface area (Å²) >= 11 is 3.12. The minimum Gasteiger partial charge on any atom is -0.308 e. The van der Waals surface area contributed by atoms with Gasteiger partial charge in [-0.05, 0) is 57.6 Å². The molecule has 0 unspecified atom stereocenters. The summed E-state index contributed by atoms with van der Waals surface area (Å²) in [5.41, 5.74) is 1.83. The largest absolute Gasteiger partial charge is 0.308 e. The van der Waals surface area contributed by atoms with Crippen molar-refractivity contribution in [3.63, 3.8) is 0 Å². The van der Waals surface area contributed by atoms with E-state index in [0.29, 0.717) is 18.2 Å². The smallest absolute Gasteiger partial charge is 0.229 e. The fourth-order valence-electron chi connectivity index (χ4n) is 2.98. The molecule has 0 aliphatic rings. The van der Waals surface area contributed by atoms with Gasteiger partial charge in [-0.15, -0.1) is 24.2 Å². The van der Waals surface area contributed by atoms with Crippen LogP contribution in [0.1, 0.15) is 12.0 Å². The minimum absolute atomic E-state index is 0. The van der Waals surface area contributed by atoms with Crippen LogP contribution >= 0.6 is 35.5 Å². The standard InChI is InChI=1S/C22H27N3O3S3.ClH/c1-16-5-8-18(9-6-16)31(27,28)14-11-21(26)25(13-12-24(2)3)22-23-19-10-7-17(29-4)15-20(19)30-22;/h5-10,15H,11-14H2,1-4H3;1H. The first-order valence-corrected chi connectivity index (χ1v) is 13.6. The zero-order valence-corrected chi connectivity index (χ0v) is 21.8. The lowest BCUT2D eigenvalue weighted by Gasteiger charge is -2.22. The molecule has 2 aromatic carbocycles. The highest BCUT2D eigenvalue weighted by Gasteiger charge is 2.23. The van der Waals surface area contributed by atoms with Crippen molar-refractivity contribution < 1.29 is 13.2 Å². The number of aryl methyl sites for hydroxylation is 1. The number of benzene rings is 2. The maximum absolute atomic E-state index is 13.1. The first-order chi connectivity index (χ1) is 14.7. The number of carbonyl (C=O) groups is 1. The predicted molar refractivity (Wildman–Crippen MR) is 137 cm³/mol. The summed E-state index contributed by atoms with van der Waals surface area (Å²) in [5.74, 6) is -0.462. The number of likely N-dealkylation sites (N-methyl/N-ethyl adjacent to an activating group) is 1. The average molecular weight is 514 g/mol. The van der Waals surface area contributed by atoms with Gasteiger partial charge in [-0.3, -0.25) is 9.69 Å². The third-order valence-corrected chi connectivity index (χ3v) is 8.35. The Kier molecular flexibility index (Phi) is 9.53. The van der Waals surface area contributed by atoms with E-state index in [2.05, 4.69) is 11.1 Å². The van der Waals surface area contributed by atoms with Crippen molar-refractivity contribution in [1.82, 2.24) is 9.88 Å². The molecule has 6 nitrogen and oxygen atoms in total. The molecule has 3 aromatic rings. The molecule has 0 saturated carbocycles. The molecule has 0 fully saturated rings. The number of rotatable bonds is 9. The van der Waals surface area contributed by atoms with Crippen LogP contribution in [-0.4, -0.2) is 63.4 Å². The molecule has 0 aliphatic heterocycles. The van der Waals surface area contributed by atoms with Gasteiger partial charge in [0.2, 0.25) is 5.91 Å². The topological polar surface area (TPSA) is 70.6 Å². The van der Waals surface area contributed by atoms with E-state index in [0.717, 1.165) is 20.7 Å². The van der Waals surface area contributed by atoms with Crippen molar-refractivity contribution in [3.8, 4) is 0 Å². The summed E-state index contributed by atoms with van der Waals surface area (Å²) in [7, 11) is 0.346. The molecule has 0 N–H and O–H groups in total. The van der Waals surface area contributed by atoms with Crippen molar-refractivity contribution in [3.05, 3.63) is 48.0 Å². The first-order valence-electron chi connectivity index (χ1n) is 9.89. The molecule has 0 spiro atoms. The van der Waals surface area contributed by atoms with Crippen LogP contribution in [0.15, 0.2) is 52.3 Å². The predicted octanol–water partition coefficient (Wildman–Crippen LogP) is 4.51. The highest BCUT2D eigenvalue weighted by Crippen LogP contribution is 2.32. The number of thioether (sulfide) groups is 1. The van der Waals surface area contributed by atoms with E-state index in [1.54, 1.807) is 40.9 Å². The van der Waals surface area contributed by atoms with Crippen LogP contribution in [0.3, 0.4) is 0 Å². The molecule has 32 heavy (non-hydrogen) atoms. The molecular formula is C22H28ClN3O3S3. The lowest BCUT2D eigenvalue weighted by Crippen LogP contribution is -2.37. The first kappa shape index (κ1) is 26.6. The van der Waals surface area contributed by atoms with Crippen LogP contribution in [0.5, 0.6) is 0 Å². The number of aromatic nitrogens is 1. The van der Waals surface area contributed by atoms with Crippen molar-refractivity contribution in [2.75, 3.05) is 44.1 Å². The van der Waals surface area contributed by atoms with Gasteiger partial charge in [-0.2, -0.15) is 0 Å². The van der Waals surface area contributed by atoms with Crippen LogP contribution in [-0.2, 0) is 14.6 Å². The molecule has 0 saturated heterocycles. The highest BCUT2D eigenvalue weighted by molar-refractivity contribution is 7.98.